The largest absolute Gasteiger partial charge is 2.00 e. The Labute approximate surface area is 488 Å². The Kier molecular flexibility index (Phi) is 110. The van der Waals surface area contributed by atoms with Gasteiger partial charge in [0.2, 0.25) is 0 Å². The summed E-state index contributed by atoms with van der Waals surface area (Å²) in [5, 5.41) is 31.2. The number of carbonyl (C=O) groups is 3. The van der Waals surface area contributed by atoms with Crippen LogP contribution in [0.1, 0.15) is 31.1 Å². The molecule has 484 valence electrons. The molecule has 0 aromatic heterocycles. The Morgan fingerprint density at radius 3 is 0.442 bits per heavy atom. The number of rotatable bonds is 21. The minimum absolute atomic E-state index is 0. The predicted octanol–water partition coefficient (Wildman–Crippen LogP) is -24.0. The average Bonchev–Trinajstić information content (AvgIpc) is 3.11. The zero-order chi connectivity index (χ0) is 53.8. The summed E-state index contributed by atoms with van der Waals surface area (Å²) in [7, 11) is 17.0. The number of benzene rings is 1. The molecule has 0 fully saturated rings. The molecule has 0 radical (unpaired) electrons. The van der Waals surface area contributed by atoms with Crippen LogP contribution in [-0.2, 0) is 49.5 Å². The molecule has 0 aliphatic rings. The second-order valence-electron chi connectivity index (χ2n) is 15.5. The second-order valence-corrected chi connectivity index (χ2v) is 17.8. The fraction of sp³-hybridized carbons (Fsp3) is 0.750. The van der Waals surface area contributed by atoms with E-state index in [-0.39, 0.29) is 93.3 Å². The monoisotopic (exact) mass is 1340 g/mol. The molecule has 1 aromatic carbocycles. The Balaban J connectivity index is -0.0000000367. The van der Waals surface area contributed by atoms with E-state index in [1.165, 1.54) is 0 Å². The van der Waals surface area contributed by atoms with Gasteiger partial charge in [-0.15, -0.1) is 30.7 Å². The van der Waals surface area contributed by atoms with Gasteiger partial charge in [-0.3, -0.25) is 0 Å². The van der Waals surface area contributed by atoms with E-state index in [1.54, 1.807) is 0 Å². The number of hydrogen-bond donors (Lipinski definition) is 0. The first-order valence-corrected chi connectivity index (χ1v) is 22.8. The number of halogens is 3. The number of aromatic carboxylic acids is 3. The molecule has 1 rings (SSSR count). The minimum Gasteiger partial charge on any atom is -0.545 e. The predicted molar refractivity (Wildman–Crippen MR) is 232 cm³/mol. The van der Waals surface area contributed by atoms with Crippen molar-refractivity contribution in [2.45, 2.75) is 0 Å². The molecular weight excluding hydrogens is 1260 g/mol. The summed E-state index contributed by atoms with van der Waals surface area (Å²) in [5.41, 5.74) is -1.68. The minimum atomic E-state index is -4.94. The van der Waals surface area contributed by atoms with Gasteiger partial charge in [0.25, 0.3) is 0 Å². The topological polar surface area (TPSA) is 678 Å². The SMILES string of the molecule is CN(C)CCN(C)CCN(C)C.CN(C)CCN(C)CCN(C)C.CN(C)CCN(C)CCN(C)C.O.O.O.O.O.O.O.O.O=C([O-])c1cc(C(=O)[O-])cc(C(=O)[O-])c1.[Ni+2].[Ni+2].[Ni+2].[O-][Cl+3]([O-])([O-])[O-].[O-][Cl+3]([O-])([O-])[O-].[O-][Cl+3]([O-])([O-])[O-]. The Hall–Kier alpha value is -1.18. The van der Waals surface area contributed by atoms with Crippen molar-refractivity contribution < 1.29 is 210 Å². The van der Waals surface area contributed by atoms with Gasteiger partial charge in [0.1, 0.15) is 0 Å². The molecule has 0 bridgehead atoms. The van der Waals surface area contributed by atoms with E-state index >= 15 is 0 Å². The molecule has 77 heavy (non-hydrogen) atoms. The van der Waals surface area contributed by atoms with Crippen LogP contribution in [-0.4, -0.2) is 290 Å². The van der Waals surface area contributed by atoms with Crippen molar-refractivity contribution in [3.8, 4) is 0 Å². The maximum absolute atomic E-state index is 10.4. The first-order valence-electron chi connectivity index (χ1n) is 19.1. The van der Waals surface area contributed by atoms with Gasteiger partial charge in [-0.05, 0) is 141 Å². The molecule has 41 heteroatoms. The first-order chi connectivity index (χ1) is 29.5. The van der Waals surface area contributed by atoms with Gasteiger partial charge >= 0.3 is 49.5 Å². The van der Waals surface area contributed by atoms with Crippen molar-refractivity contribution in [2.75, 3.05) is 184 Å². The number of nitrogens with zero attached hydrogens (tertiary/aromatic N) is 9. The molecule has 0 aliphatic carbocycles. The zero-order valence-corrected chi connectivity index (χ0v) is 50.9. The summed E-state index contributed by atoms with van der Waals surface area (Å²) >= 11 is 0. The Bertz CT molecular complexity index is 1170. The maximum atomic E-state index is 10.4. The van der Waals surface area contributed by atoms with Crippen molar-refractivity contribution in [2.24, 2.45) is 0 Å². The van der Waals surface area contributed by atoms with Crippen molar-refractivity contribution in [3.05, 3.63) is 34.9 Å². The van der Waals surface area contributed by atoms with Crippen LogP contribution in [0.15, 0.2) is 18.2 Å². The number of hydrogen-bond acceptors (Lipinski definition) is 27. The summed E-state index contributed by atoms with van der Waals surface area (Å²) in [5.74, 6) is -5.04. The molecule has 16 N–H and O–H groups in total. The van der Waals surface area contributed by atoms with Crippen molar-refractivity contribution in [1.82, 2.24) is 44.1 Å². The van der Waals surface area contributed by atoms with Crippen LogP contribution in [0.2, 0.25) is 0 Å². The van der Waals surface area contributed by atoms with Crippen LogP contribution in [0.4, 0.5) is 0 Å². The van der Waals surface area contributed by atoms with E-state index in [1.807, 2.05) is 0 Å². The van der Waals surface area contributed by atoms with Gasteiger partial charge in [-0.1, -0.05) is 0 Å². The molecule has 1 aromatic rings. The van der Waals surface area contributed by atoms with Gasteiger partial charge in [0.15, 0.2) is 0 Å². The molecule has 0 heterocycles. The fourth-order valence-corrected chi connectivity index (χ4v) is 3.54. The Morgan fingerprint density at radius 2 is 0.377 bits per heavy atom. The molecule has 35 nitrogen and oxygen atoms in total. The van der Waals surface area contributed by atoms with Crippen LogP contribution in [0, 0.1) is 30.7 Å². The summed E-state index contributed by atoms with van der Waals surface area (Å²) in [6.07, 6.45) is 0. The standard InChI is InChI=1S/3C9H23N3.C9H6O6.3ClHO4.3Ni.8H2O/c3*1-10(2)6-8-12(5)9-7-11(3)4;10-7(11)4-1-5(8(12)13)3-6(2-4)9(14)15;3*2-1(3,4)5;;;;;;;;;;;/h3*6-9H2,1-5H3;1-3H,(H,10,11)(H,12,13)(H,14,15);3*(H,2,3,4,5);;;;8*1H2/q;;;;;;;3*+2;;;;;;;;/p-6. The normalized spacial score (nSPS) is 9.82. The number of carboxylic acids is 3. The van der Waals surface area contributed by atoms with E-state index in [2.05, 4.69) is 150 Å². The molecular formula is C36H88Cl3N9Ni3O26. The third-order valence-corrected chi connectivity index (χ3v) is 7.21. The summed E-state index contributed by atoms with van der Waals surface area (Å²) < 4.78 is 102. The molecule has 0 saturated carbocycles. The summed E-state index contributed by atoms with van der Waals surface area (Å²) in [6.45, 7) is 13.8. The zero-order valence-electron chi connectivity index (χ0n) is 45.7. The first kappa shape index (κ1) is 123. The molecule has 0 unspecified atom stereocenters. The molecule has 0 spiro atoms. The van der Waals surface area contributed by atoms with Crippen LogP contribution < -0.4 is 71.2 Å². The third-order valence-electron chi connectivity index (χ3n) is 7.21. The van der Waals surface area contributed by atoms with Crippen LogP contribution >= 0.6 is 0 Å². The fourth-order valence-electron chi connectivity index (χ4n) is 3.54. The number of likely N-dealkylation sites (N-methyl/N-ethyl adjacent to an activating group) is 9. The molecule has 0 saturated heterocycles. The number of carbonyl (C=O) groups excluding carboxylic acids is 3. The van der Waals surface area contributed by atoms with Gasteiger partial charge in [-0.25, -0.2) is 55.9 Å². The van der Waals surface area contributed by atoms with Gasteiger partial charge < -0.3 is 118 Å². The Morgan fingerprint density at radius 1 is 0.286 bits per heavy atom. The van der Waals surface area contributed by atoms with Crippen LogP contribution in [0.25, 0.3) is 0 Å². The van der Waals surface area contributed by atoms with Crippen molar-refractivity contribution in [3.63, 3.8) is 0 Å². The van der Waals surface area contributed by atoms with Crippen molar-refractivity contribution >= 4 is 17.9 Å². The second kappa shape index (κ2) is 69.1. The van der Waals surface area contributed by atoms with E-state index < -0.39 is 65.3 Å². The van der Waals surface area contributed by atoms with E-state index in [0.717, 1.165) is 96.7 Å². The molecule has 0 aliphatic heterocycles. The van der Waals surface area contributed by atoms with Gasteiger partial charge in [0, 0.05) is 78.5 Å². The van der Waals surface area contributed by atoms with Crippen LogP contribution in [0.5, 0.6) is 0 Å². The van der Waals surface area contributed by atoms with Gasteiger partial charge in [0.05, 0.1) is 17.9 Å². The third kappa shape index (κ3) is 142. The average molecular weight is 1350 g/mol. The molecule has 0 amide bonds. The van der Waals surface area contributed by atoms with Gasteiger partial charge in [-0.2, -0.15) is 0 Å². The number of carboxylic acid groups (broad SMARTS) is 3. The van der Waals surface area contributed by atoms with Crippen molar-refractivity contribution in [1.29, 1.82) is 0 Å². The van der Waals surface area contributed by atoms with E-state index in [4.69, 9.17) is 55.9 Å². The molecule has 0 atom stereocenters. The summed E-state index contributed by atoms with van der Waals surface area (Å²) in [4.78, 5) is 51.6. The van der Waals surface area contributed by atoms with E-state index in [9.17, 15) is 29.7 Å². The maximum Gasteiger partial charge on any atom is 2.00 e. The van der Waals surface area contributed by atoms with E-state index in [0.29, 0.717) is 0 Å². The quantitative estimate of drug-likeness (QED) is 0.103. The summed E-state index contributed by atoms with van der Waals surface area (Å²) in [6, 6.07) is 2.24. The smallest absolute Gasteiger partial charge is 0.545 e. The van der Waals surface area contributed by atoms with Crippen LogP contribution in [0.3, 0.4) is 0 Å².